The van der Waals surface area contributed by atoms with Crippen LogP contribution in [0.15, 0.2) is 42.7 Å². The van der Waals surface area contributed by atoms with Gasteiger partial charge in [0.2, 0.25) is 0 Å². The second kappa shape index (κ2) is 6.54. The Morgan fingerprint density at radius 2 is 1.81 bits per heavy atom. The summed E-state index contributed by atoms with van der Waals surface area (Å²) < 4.78 is 0. The number of hydrogen-bond donors (Lipinski definition) is 1. The normalized spacial score (nSPS) is 16.0. The molecule has 2 heterocycles. The molecule has 1 fully saturated rings. The highest BCUT2D eigenvalue weighted by atomic mass is 15.3. The molecular formula is C16H21N5. The Kier molecular flexibility index (Phi) is 4.31. The third-order valence-corrected chi connectivity index (χ3v) is 3.84. The van der Waals surface area contributed by atoms with Crippen molar-refractivity contribution in [2.75, 3.05) is 42.9 Å². The van der Waals surface area contributed by atoms with Crippen LogP contribution in [0.4, 0.5) is 17.3 Å². The second-order valence-corrected chi connectivity index (χ2v) is 5.17. The third kappa shape index (κ3) is 3.49. The van der Waals surface area contributed by atoms with Crippen molar-refractivity contribution in [2.24, 2.45) is 0 Å². The van der Waals surface area contributed by atoms with E-state index in [9.17, 15) is 0 Å². The summed E-state index contributed by atoms with van der Waals surface area (Å²) >= 11 is 0. The van der Waals surface area contributed by atoms with E-state index in [1.807, 2.05) is 36.4 Å². The Labute approximate surface area is 125 Å². The third-order valence-electron chi connectivity index (χ3n) is 3.84. The topological polar surface area (TPSA) is 44.3 Å². The molecule has 1 aromatic heterocycles. The smallest absolute Gasteiger partial charge is 0.135 e. The van der Waals surface area contributed by atoms with Crippen LogP contribution in [-0.2, 0) is 0 Å². The Balaban J connectivity index is 1.69. The van der Waals surface area contributed by atoms with E-state index >= 15 is 0 Å². The molecule has 2 aromatic rings. The first-order chi connectivity index (χ1) is 10.3. The zero-order valence-corrected chi connectivity index (χ0v) is 12.4. The lowest BCUT2D eigenvalue weighted by atomic mass is 10.3. The molecule has 0 aliphatic carbocycles. The van der Waals surface area contributed by atoms with Crippen molar-refractivity contribution < 1.29 is 0 Å². The van der Waals surface area contributed by atoms with Gasteiger partial charge in [0.1, 0.15) is 18.0 Å². The first-order valence-corrected chi connectivity index (χ1v) is 7.46. The molecule has 0 unspecified atom stereocenters. The van der Waals surface area contributed by atoms with Crippen LogP contribution in [0.3, 0.4) is 0 Å². The van der Waals surface area contributed by atoms with Crippen LogP contribution in [0.25, 0.3) is 0 Å². The molecule has 5 heteroatoms. The average molecular weight is 283 g/mol. The van der Waals surface area contributed by atoms with E-state index in [4.69, 9.17) is 0 Å². The molecule has 0 radical (unpaired) electrons. The van der Waals surface area contributed by atoms with Crippen LogP contribution in [-0.4, -0.2) is 47.6 Å². The van der Waals surface area contributed by atoms with Crippen LogP contribution >= 0.6 is 0 Å². The summed E-state index contributed by atoms with van der Waals surface area (Å²) in [6.45, 7) is 7.58. The predicted molar refractivity (Wildman–Crippen MR) is 86.1 cm³/mol. The van der Waals surface area contributed by atoms with Crippen LogP contribution < -0.4 is 10.2 Å². The molecular weight excluding hydrogens is 262 g/mol. The lowest BCUT2D eigenvalue weighted by molar-refractivity contribution is 0.270. The van der Waals surface area contributed by atoms with Crippen molar-refractivity contribution in [3.05, 3.63) is 42.7 Å². The van der Waals surface area contributed by atoms with E-state index in [0.29, 0.717) is 0 Å². The number of piperazine rings is 1. The largest absolute Gasteiger partial charge is 0.354 e. The van der Waals surface area contributed by atoms with Crippen LogP contribution in [0.5, 0.6) is 0 Å². The van der Waals surface area contributed by atoms with Crippen molar-refractivity contribution >= 4 is 17.3 Å². The minimum absolute atomic E-state index is 0.837. The fourth-order valence-electron chi connectivity index (χ4n) is 2.55. The van der Waals surface area contributed by atoms with E-state index in [1.54, 1.807) is 6.33 Å². The standard InChI is InChI=1S/C16H21N5/c1-2-20-8-10-21(11-9-20)16-12-15(17-13-18-16)19-14-6-4-3-5-7-14/h3-7,12-13H,2,8-11H2,1H3,(H,17,18,19). The van der Waals surface area contributed by atoms with Crippen molar-refractivity contribution in [1.82, 2.24) is 14.9 Å². The minimum Gasteiger partial charge on any atom is -0.354 e. The fraction of sp³-hybridized carbons (Fsp3) is 0.375. The van der Waals surface area contributed by atoms with Gasteiger partial charge in [-0.2, -0.15) is 0 Å². The van der Waals surface area contributed by atoms with Gasteiger partial charge in [-0.1, -0.05) is 25.1 Å². The number of hydrogen-bond acceptors (Lipinski definition) is 5. The summed E-state index contributed by atoms with van der Waals surface area (Å²) in [7, 11) is 0. The molecule has 1 aliphatic rings. The Morgan fingerprint density at radius 1 is 1.05 bits per heavy atom. The van der Waals surface area contributed by atoms with Gasteiger partial charge < -0.3 is 15.1 Å². The van der Waals surface area contributed by atoms with Gasteiger partial charge in [-0.3, -0.25) is 0 Å². The van der Waals surface area contributed by atoms with Crippen LogP contribution in [0.1, 0.15) is 6.92 Å². The number of rotatable bonds is 4. The molecule has 110 valence electrons. The number of para-hydroxylation sites is 1. The van der Waals surface area contributed by atoms with Crippen molar-refractivity contribution in [3.63, 3.8) is 0 Å². The molecule has 1 saturated heterocycles. The van der Waals surface area contributed by atoms with E-state index < -0.39 is 0 Å². The molecule has 1 N–H and O–H groups in total. The summed E-state index contributed by atoms with van der Waals surface area (Å²) in [5.41, 5.74) is 1.04. The maximum Gasteiger partial charge on any atom is 0.135 e. The van der Waals surface area contributed by atoms with E-state index in [1.165, 1.54) is 0 Å². The molecule has 0 bridgehead atoms. The number of nitrogens with zero attached hydrogens (tertiary/aromatic N) is 4. The van der Waals surface area contributed by atoms with Crippen molar-refractivity contribution in [1.29, 1.82) is 0 Å². The number of anilines is 3. The molecule has 5 nitrogen and oxygen atoms in total. The maximum absolute atomic E-state index is 4.41. The number of aromatic nitrogens is 2. The molecule has 0 spiro atoms. The summed E-state index contributed by atoms with van der Waals surface area (Å²) in [6.07, 6.45) is 1.63. The number of benzene rings is 1. The highest BCUT2D eigenvalue weighted by Gasteiger charge is 2.17. The summed E-state index contributed by atoms with van der Waals surface area (Å²) in [5, 5.41) is 3.32. The Bertz CT molecular complexity index is 564. The SMILES string of the molecule is CCN1CCN(c2cc(Nc3ccccc3)ncn2)CC1. The molecule has 1 aliphatic heterocycles. The number of likely N-dealkylation sites (N-methyl/N-ethyl adjacent to an activating group) is 1. The lowest BCUT2D eigenvalue weighted by Crippen LogP contribution is -2.46. The van der Waals surface area contributed by atoms with Gasteiger partial charge in [0, 0.05) is 37.9 Å². The zero-order valence-electron chi connectivity index (χ0n) is 12.4. The fourth-order valence-corrected chi connectivity index (χ4v) is 2.55. The van der Waals surface area contributed by atoms with Gasteiger partial charge in [-0.25, -0.2) is 9.97 Å². The van der Waals surface area contributed by atoms with Crippen LogP contribution in [0, 0.1) is 0 Å². The highest BCUT2D eigenvalue weighted by Crippen LogP contribution is 2.19. The van der Waals surface area contributed by atoms with Crippen molar-refractivity contribution in [3.8, 4) is 0 Å². The molecule has 21 heavy (non-hydrogen) atoms. The molecule has 1 aromatic carbocycles. The molecule has 3 rings (SSSR count). The van der Waals surface area contributed by atoms with E-state index in [0.717, 1.165) is 50.0 Å². The lowest BCUT2D eigenvalue weighted by Gasteiger charge is -2.34. The predicted octanol–water partition coefficient (Wildman–Crippen LogP) is 2.36. The zero-order chi connectivity index (χ0) is 14.5. The molecule has 0 amide bonds. The molecule has 0 saturated carbocycles. The van der Waals surface area contributed by atoms with Crippen LogP contribution in [0.2, 0.25) is 0 Å². The summed E-state index contributed by atoms with van der Waals surface area (Å²) in [6, 6.07) is 12.1. The Morgan fingerprint density at radius 3 is 2.52 bits per heavy atom. The van der Waals surface area contributed by atoms with Gasteiger partial charge in [0.25, 0.3) is 0 Å². The van der Waals surface area contributed by atoms with E-state index in [-0.39, 0.29) is 0 Å². The van der Waals surface area contributed by atoms with Crippen molar-refractivity contribution in [2.45, 2.75) is 6.92 Å². The maximum atomic E-state index is 4.41. The van der Waals surface area contributed by atoms with Gasteiger partial charge in [-0.15, -0.1) is 0 Å². The first kappa shape index (κ1) is 13.8. The second-order valence-electron chi connectivity index (χ2n) is 5.17. The van der Waals surface area contributed by atoms with E-state index in [2.05, 4.69) is 32.0 Å². The number of nitrogens with one attached hydrogen (secondary N) is 1. The summed E-state index contributed by atoms with van der Waals surface area (Å²) in [5.74, 6) is 1.84. The highest BCUT2D eigenvalue weighted by molar-refractivity contribution is 5.59. The Hall–Kier alpha value is -2.14. The monoisotopic (exact) mass is 283 g/mol. The first-order valence-electron chi connectivity index (χ1n) is 7.46. The average Bonchev–Trinajstić information content (AvgIpc) is 2.56. The van der Waals surface area contributed by atoms with Gasteiger partial charge >= 0.3 is 0 Å². The summed E-state index contributed by atoms with van der Waals surface area (Å²) in [4.78, 5) is 13.5. The molecule has 0 atom stereocenters. The quantitative estimate of drug-likeness (QED) is 0.933. The minimum atomic E-state index is 0.837. The van der Waals surface area contributed by atoms with Gasteiger partial charge in [-0.05, 0) is 18.7 Å². The van der Waals surface area contributed by atoms with Gasteiger partial charge in [0.15, 0.2) is 0 Å². The van der Waals surface area contributed by atoms with Gasteiger partial charge in [0.05, 0.1) is 0 Å².